The van der Waals surface area contributed by atoms with Gasteiger partial charge in [-0.3, -0.25) is 13.9 Å². The predicted octanol–water partition coefficient (Wildman–Crippen LogP) is 8.36. The van der Waals surface area contributed by atoms with Gasteiger partial charge < -0.3 is 10.2 Å². The van der Waals surface area contributed by atoms with Gasteiger partial charge in [-0.15, -0.1) is 0 Å². The lowest BCUT2D eigenvalue weighted by molar-refractivity contribution is -0.140. The molecule has 0 spiro atoms. The van der Waals surface area contributed by atoms with E-state index in [2.05, 4.69) is 5.32 Å². The van der Waals surface area contributed by atoms with Crippen LogP contribution in [0.3, 0.4) is 0 Å². The normalized spacial score (nSPS) is 12.7. The van der Waals surface area contributed by atoms with Crippen LogP contribution in [0, 0.1) is 6.92 Å². The Morgan fingerprint density at radius 1 is 0.809 bits per heavy atom. The second-order valence-corrected chi connectivity index (χ2v) is 14.7. The third-order valence-corrected chi connectivity index (χ3v) is 11.0. The van der Waals surface area contributed by atoms with E-state index >= 15 is 0 Å². The van der Waals surface area contributed by atoms with Gasteiger partial charge in [-0.1, -0.05) is 113 Å². The van der Waals surface area contributed by atoms with Gasteiger partial charge in [0, 0.05) is 19.0 Å². The molecule has 0 saturated heterocycles. The van der Waals surface area contributed by atoms with E-state index in [1.54, 1.807) is 36.4 Å². The summed E-state index contributed by atoms with van der Waals surface area (Å²) in [6, 6.07) is 23.8. The largest absolute Gasteiger partial charge is 0.352 e. The van der Waals surface area contributed by atoms with Gasteiger partial charge >= 0.3 is 0 Å². The van der Waals surface area contributed by atoms with Gasteiger partial charge in [0.1, 0.15) is 12.6 Å². The van der Waals surface area contributed by atoms with Gasteiger partial charge in [-0.05, 0) is 67.8 Å². The summed E-state index contributed by atoms with van der Waals surface area (Å²) in [5.41, 5.74) is 2.28. The highest BCUT2D eigenvalue weighted by atomic mass is 35.5. The number of benzene rings is 4. The zero-order chi connectivity index (χ0) is 34.3. The average molecular weight is 736 g/mol. The average Bonchev–Trinajstić information content (AvgIpc) is 3.05. The highest BCUT2D eigenvalue weighted by molar-refractivity contribution is 7.92. The standard InChI is InChI=1S/C35H35Cl4N3O4S/c1-4-24(3)40-35(44)32(20-25-9-6-5-7-10-25)41(21-26-15-18-28(36)30(38)19-26)33(43)22-42(31-12-8-11-29(37)34(31)39)47(45,46)27-16-13-23(2)14-17-27/h5-19,24,32H,4,20-22H2,1-3H3,(H,40,44)/t24-,32-/m1/s1. The molecule has 4 aromatic rings. The molecule has 0 bridgehead atoms. The van der Waals surface area contributed by atoms with Crippen LogP contribution < -0.4 is 9.62 Å². The summed E-state index contributed by atoms with van der Waals surface area (Å²) in [5.74, 6) is -1.03. The van der Waals surface area contributed by atoms with Crippen molar-refractivity contribution >= 4 is 73.9 Å². The van der Waals surface area contributed by atoms with Crippen LogP contribution in [-0.2, 0) is 32.6 Å². The maximum atomic E-state index is 14.6. The minimum absolute atomic E-state index is 0.0197. The van der Waals surface area contributed by atoms with E-state index in [4.69, 9.17) is 46.4 Å². The number of amides is 2. The van der Waals surface area contributed by atoms with Crippen molar-refractivity contribution in [1.29, 1.82) is 0 Å². The number of nitrogens with one attached hydrogen (secondary N) is 1. The van der Waals surface area contributed by atoms with E-state index in [-0.39, 0.29) is 50.6 Å². The van der Waals surface area contributed by atoms with Crippen LogP contribution in [0.4, 0.5) is 5.69 Å². The first-order valence-corrected chi connectivity index (χ1v) is 17.9. The number of sulfonamides is 1. The van der Waals surface area contributed by atoms with Crippen LogP contribution in [0.15, 0.2) is 95.9 Å². The maximum absolute atomic E-state index is 14.6. The van der Waals surface area contributed by atoms with Crippen LogP contribution in [0.25, 0.3) is 0 Å². The number of aryl methyl sites for hydroxylation is 1. The van der Waals surface area contributed by atoms with Crippen molar-refractivity contribution in [2.45, 2.75) is 57.1 Å². The molecule has 0 aliphatic heterocycles. The molecule has 47 heavy (non-hydrogen) atoms. The number of carbonyl (C=O) groups excluding carboxylic acids is 2. The molecule has 0 aliphatic carbocycles. The molecule has 0 fully saturated rings. The van der Waals surface area contributed by atoms with Crippen molar-refractivity contribution in [3.8, 4) is 0 Å². The molecule has 2 atom stereocenters. The van der Waals surface area contributed by atoms with Crippen molar-refractivity contribution in [3.63, 3.8) is 0 Å². The van der Waals surface area contributed by atoms with E-state index in [0.717, 1.165) is 15.4 Å². The third kappa shape index (κ3) is 9.21. The summed E-state index contributed by atoms with van der Waals surface area (Å²) in [4.78, 5) is 29.9. The molecule has 1 N–H and O–H groups in total. The summed E-state index contributed by atoms with van der Waals surface area (Å²) in [6.45, 7) is 4.91. The lowest BCUT2D eigenvalue weighted by atomic mass is 10.0. The SMILES string of the molecule is CC[C@@H](C)NC(=O)[C@@H](Cc1ccccc1)N(Cc1ccc(Cl)c(Cl)c1)C(=O)CN(c1cccc(Cl)c1Cl)S(=O)(=O)c1ccc(C)cc1. The summed E-state index contributed by atoms with van der Waals surface area (Å²) in [7, 11) is -4.35. The number of halogens is 4. The molecule has 0 saturated carbocycles. The van der Waals surface area contributed by atoms with Crippen LogP contribution in [0.2, 0.25) is 20.1 Å². The number of nitrogens with zero attached hydrogens (tertiary/aromatic N) is 2. The number of rotatable bonds is 13. The molecule has 0 heterocycles. The monoisotopic (exact) mass is 733 g/mol. The molecule has 0 unspecified atom stereocenters. The van der Waals surface area contributed by atoms with E-state index in [1.165, 1.54) is 29.2 Å². The van der Waals surface area contributed by atoms with Crippen LogP contribution in [0.1, 0.15) is 37.0 Å². The smallest absolute Gasteiger partial charge is 0.264 e. The Balaban J connectivity index is 1.85. The summed E-state index contributed by atoms with van der Waals surface area (Å²) < 4.78 is 29.4. The van der Waals surface area contributed by atoms with Gasteiger partial charge in [0.15, 0.2) is 0 Å². The summed E-state index contributed by atoms with van der Waals surface area (Å²) >= 11 is 25.4. The van der Waals surface area contributed by atoms with Crippen molar-refractivity contribution in [2.24, 2.45) is 0 Å². The Kier molecular flexibility index (Phi) is 12.6. The van der Waals surface area contributed by atoms with Gasteiger partial charge in [-0.2, -0.15) is 0 Å². The van der Waals surface area contributed by atoms with Crippen molar-refractivity contribution in [2.75, 3.05) is 10.8 Å². The molecule has 248 valence electrons. The highest BCUT2D eigenvalue weighted by Gasteiger charge is 2.36. The van der Waals surface area contributed by atoms with Crippen molar-refractivity contribution in [1.82, 2.24) is 10.2 Å². The van der Waals surface area contributed by atoms with Crippen LogP contribution in [0.5, 0.6) is 0 Å². The number of hydrogen-bond acceptors (Lipinski definition) is 4. The fourth-order valence-electron chi connectivity index (χ4n) is 4.87. The molecule has 4 rings (SSSR count). The molecule has 0 aliphatic rings. The summed E-state index contributed by atoms with van der Waals surface area (Å²) in [6.07, 6.45) is 0.833. The Morgan fingerprint density at radius 2 is 1.49 bits per heavy atom. The zero-order valence-corrected chi connectivity index (χ0v) is 29.9. The maximum Gasteiger partial charge on any atom is 0.264 e. The van der Waals surface area contributed by atoms with Crippen molar-refractivity contribution in [3.05, 3.63) is 128 Å². The van der Waals surface area contributed by atoms with Gasteiger partial charge in [-0.25, -0.2) is 8.42 Å². The minimum Gasteiger partial charge on any atom is -0.352 e. The number of hydrogen-bond donors (Lipinski definition) is 1. The number of carbonyl (C=O) groups is 2. The fraction of sp³-hybridized carbons (Fsp3) is 0.257. The molecule has 0 radical (unpaired) electrons. The van der Waals surface area contributed by atoms with Gasteiger partial charge in [0.2, 0.25) is 11.8 Å². The van der Waals surface area contributed by atoms with Gasteiger partial charge in [0.25, 0.3) is 10.0 Å². The highest BCUT2D eigenvalue weighted by Crippen LogP contribution is 2.36. The van der Waals surface area contributed by atoms with E-state index < -0.39 is 28.5 Å². The predicted molar refractivity (Wildman–Crippen MR) is 191 cm³/mol. The van der Waals surface area contributed by atoms with Crippen LogP contribution >= 0.6 is 46.4 Å². The fourth-order valence-corrected chi connectivity index (χ4v) is 7.06. The Bertz CT molecular complexity index is 1820. The molecule has 4 aromatic carbocycles. The lowest BCUT2D eigenvalue weighted by Crippen LogP contribution is -2.54. The van der Waals surface area contributed by atoms with Gasteiger partial charge in [0.05, 0.1) is 30.7 Å². The first-order chi connectivity index (χ1) is 22.3. The lowest BCUT2D eigenvalue weighted by Gasteiger charge is -2.34. The Morgan fingerprint density at radius 3 is 2.13 bits per heavy atom. The molecule has 7 nitrogen and oxygen atoms in total. The van der Waals surface area contributed by atoms with Crippen LogP contribution in [-0.4, -0.2) is 43.8 Å². The minimum atomic E-state index is -4.35. The Labute approximate surface area is 296 Å². The zero-order valence-electron chi connectivity index (χ0n) is 26.1. The topological polar surface area (TPSA) is 86.8 Å². The number of anilines is 1. The van der Waals surface area contributed by atoms with Crippen molar-refractivity contribution < 1.29 is 18.0 Å². The first kappa shape index (κ1) is 36.6. The molecular weight excluding hydrogens is 700 g/mol. The molecule has 2 amide bonds. The van der Waals surface area contributed by atoms with E-state index in [0.29, 0.717) is 17.0 Å². The summed E-state index contributed by atoms with van der Waals surface area (Å²) in [5, 5.41) is 3.68. The molecule has 12 heteroatoms. The van der Waals surface area contributed by atoms with E-state index in [9.17, 15) is 18.0 Å². The first-order valence-electron chi connectivity index (χ1n) is 14.9. The Hall–Kier alpha value is -3.27. The molecule has 0 aromatic heterocycles. The third-order valence-electron chi connectivity index (χ3n) is 7.70. The quantitative estimate of drug-likeness (QED) is 0.150. The second kappa shape index (κ2) is 16.2. The molecular formula is C35H35Cl4N3O4S. The second-order valence-electron chi connectivity index (χ2n) is 11.2. The van der Waals surface area contributed by atoms with E-state index in [1.807, 2.05) is 51.1 Å².